The predicted molar refractivity (Wildman–Crippen MR) is 117 cm³/mol. The zero-order chi connectivity index (χ0) is 20.8. The molecular formula is C23H30N4O2. The van der Waals surface area contributed by atoms with Gasteiger partial charge >= 0.3 is 6.01 Å². The molecule has 0 spiro atoms. The number of nitrogens with zero attached hydrogens (tertiary/aromatic N) is 3. The van der Waals surface area contributed by atoms with Gasteiger partial charge in [0.05, 0.1) is 17.9 Å². The lowest BCUT2D eigenvalue weighted by Gasteiger charge is -2.12. The third kappa shape index (κ3) is 5.57. The van der Waals surface area contributed by atoms with Gasteiger partial charge in [0.15, 0.2) is 5.82 Å². The minimum absolute atomic E-state index is 0.00200. The molecule has 1 atom stereocenters. The molecule has 29 heavy (non-hydrogen) atoms. The van der Waals surface area contributed by atoms with Crippen LogP contribution in [0.4, 0.5) is 5.69 Å². The molecule has 1 heterocycles. The van der Waals surface area contributed by atoms with Crippen LogP contribution in [0.1, 0.15) is 39.2 Å². The molecule has 0 saturated carbocycles. The quantitative estimate of drug-likeness (QED) is 0.555. The largest absolute Gasteiger partial charge is 0.460 e. The Morgan fingerprint density at radius 2 is 1.76 bits per heavy atom. The van der Waals surface area contributed by atoms with Crippen LogP contribution in [0, 0.1) is 6.92 Å². The maximum absolute atomic E-state index is 9.90. The van der Waals surface area contributed by atoms with Gasteiger partial charge in [-0.2, -0.15) is 4.98 Å². The average Bonchev–Trinajstić information content (AvgIpc) is 3.10. The molecule has 1 aromatic heterocycles. The van der Waals surface area contributed by atoms with Crippen molar-refractivity contribution in [3.63, 3.8) is 0 Å². The number of aliphatic hydroxyl groups excluding tert-OH is 1. The summed E-state index contributed by atoms with van der Waals surface area (Å²) in [7, 11) is 0. The number of aryl methyl sites for hydroxylation is 1. The normalized spacial score (nSPS) is 12.2. The Bertz CT molecular complexity index is 902. The van der Waals surface area contributed by atoms with Gasteiger partial charge in [-0.15, -0.1) is 5.10 Å². The molecule has 2 aromatic carbocycles. The van der Waals surface area contributed by atoms with E-state index in [2.05, 4.69) is 41.4 Å². The fourth-order valence-corrected chi connectivity index (χ4v) is 3.01. The third-order valence-electron chi connectivity index (χ3n) is 4.51. The molecule has 0 aliphatic rings. The van der Waals surface area contributed by atoms with Crippen molar-refractivity contribution in [3.8, 4) is 23.1 Å². The second-order valence-electron chi connectivity index (χ2n) is 7.53. The number of aromatic nitrogens is 3. The molecule has 6 heteroatoms. The molecule has 0 amide bonds. The Morgan fingerprint density at radius 1 is 1.07 bits per heavy atom. The van der Waals surface area contributed by atoms with Crippen LogP contribution >= 0.6 is 0 Å². The van der Waals surface area contributed by atoms with Gasteiger partial charge in [-0.1, -0.05) is 43.2 Å². The number of ether oxygens (including phenoxy) is 1. The summed E-state index contributed by atoms with van der Waals surface area (Å²) in [6, 6.07) is 16.5. The molecule has 154 valence electrons. The number of anilines is 1. The van der Waals surface area contributed by atoms with Crippen molar-refractivity contribution in [1.29, 1.82) is 0 Å². The number of benzene rings is 2. The summed E-state index contributed by atoms with van der Waals surface area (Å²) in [5.74, 6) is 0.736. The van der Waals surface area contributed by atoms with Gasteiger partial charge in [0.25, 0.3) is 0 Å². The molecule has 0 aliphatic carbocycles. The zero-order valence-corrected chi connectivity index (χ0v) is 17.6. The summed E-state index contributed by atoms with van der Waals surface area (Å²) in [4.78, 5) is 4.61. The highest BCUT2D eigenvalue weighted by Gasteiger charge is 2.15. The molecule has 0 saturated heterocycles. The Morgan fingerprint density at radius 3 is 2.38 bits per heavy atom. The van der Waals surface area contributed by atoms with E-state index < -0.39 is 0 Å². The molecule has 6 nitrogen and oxygen atoms in total. The van der Waals surface area contributed by atoms with Crippen LogP contribution in [0.2, 0.25) is 0 Å². The van der Waals surface area contributed by atoms with Gasteiger partial charge < -0.3 is 15.2 Å². The number of hydrogen-bond donors (Lipinski definition) is 2. The summed E-state index contributed by atoms with van der Waals surface area (Å²) >= 11 is 0. The van der Waals surface area contributed by atoms with Gasteiger partial charge in [0.2, 0.25) is 0 Å². The van der Waals surface area contributed by atoms with E-state index in [1.807, 2.05) is 50.2 Å². The Kier molecular flexibility index (Phi) is 6.88. The first-order valence-electron chi connectivity index (χ1n) is 10.2. The summed E-state index contributed by atoms with van der Waals surface area (Å²) in [6.45, 7) is 8.58. The lowest BCUT2D eigenvalue weighted by atomic mass is 10.1. The van der Waals surface area contributed by atoms with Gasteiger partial charge in [-0.05, 0) is 51.5 Å². The van der Waals surface area contributed by atoms with E-state index in [1.54, 1.807) is 4.68 Å². The fraction of sp³-hybridized carbons (Fsp3) is 0.391. The van der Waals surface area contributed by atoms with Crippen LogP contribution in [0.15, 0.2) is 48.5 Å². The van der Waals surface area contributed by atoms with Crippen LogP contribution in [0.3, 0.4) is 0 Å². The highest BCUT2D eigenvalue weighted by molar-refractivity contribution is 5.60. The van der Waals surface area contributed by atoms with E-state index >= 15 is 0 Å². The van der Waals surface area contributed by atoms with Gasteiger partial charge in [-0.25, -0.2) is 4.68 Å². The van der Waals surface area contributed by atoms with E-state index in [0.717, 1.165) is 35.6 Å². The topological polar surface area (TPSA) is 72.2 Å². The smallest absolute Gasteiger partial charge is 0.336 e. The number of rotatable bonds is 9. The Balaban J connectivity index is 1.86. The predicted octanol–water partition coefficient (Wildman–Crippen LogP) is 4.60. The van der Waals surface area contributed by atoms with E-state index in [4.69, 9.17) is 4.74 Å². The minimum Gasteiger partial charge on any atom is -0.460 e. The summed E-state index contributed by atoms with van der Waals surface area (Å²) in [6.07, 6.45) is 1.43. The minimum atomic E-state index is -0.334. The average molecular weight is 395 g/mol. The van der Waals surface area contributed by atoms with Gasteiger partial charge in [0, 0.05) is 17.8 Å². The van der Waals surface area contributed by atoms with Crippen molar-refractivity contribution in [2.75, 3.05) is 11.9 Å². The maximum atomic E-state index is 9.90. The molecule has 0 fully saturated rings. The third-order valence-corrected chi connectivity index (χ3v) is 4.51. The SMILES string of the molecule is CCCC(O)CNc1ccc(-n2nc(OC(C)C)nc2-c2ccc(C)cc2)cc1. The van der Waals surface area contributed by atoms with Crippen molar-refractivity contribution in [1.82, 2.24) is 14.8 Å². The number of nitrogens with one attached hydrogen (secondary N) is 1. The van der Waals surface area contributed by atoms with E-state index in [9.17, 15) is 5.11 Å². The summed E-state index contributed by atoms with van der Waals surface area (Å²) < 4.78 is 7.53. The van der Waals surface area contributed by atoms with E-state index in [-0.39, 0.29) is 12.2 Å². The lowest BCUT2D eigenvalue weighted by molar-refractivity contribution is 0.176. The Labute approximate surface area is 172 Å². The number of hydrogen-bond acceptors (Lipinski definition) is 5. The first-order valence-corrected chi connectivity index (χ1v) is 10.2. The van der Waals surface area contributed by atoms with Crippen molar-refractivity contribution >= 4 is 5.69 Å². The van der Waals surface area contributed by atoms with Gasteiger partial charge in [0.1, 0.15) is 0 Å². The van der Waals surface area contributed by atoms with Crippen molar-refractivity contribution in [2.24, 2.45) is 0 Å². The number of aliphatic hydroxyl groups is 1. The molecule has 2 N–H and O–H groups in total. The fourth-order valence-electron chi connectivity index (χ4n) is 3.01. The highest BCUT2D eigenvalue weighted by atomic mass is 16.5. The van der Waals surface area contributed by atoms with Crippen molar-refractivity contribution in [2.45, 2.75) is 52.7 Å². The Hall–Kier alpha value is -2.86. The summed E-state index contributed by atoms with van der Waals surface area (Å²) in [5.41, 5.74) is 4.02. The lowest BCUT2D eigenvalue weighted by Crippen LogP contribution is -2.18. The standard InChI is InChI=1S/C23H30N4O2/c1-5-6-21(28)15-24-19-11-13-20(14-12-19)27-22(18-9-7-17(4)8-10-18)25-23(26-27)29-16(2)3/h7-14,16,21,24,28H,5-6,15H2,1-4H3. The second-order valence-corrected chi connectivity index (χ2v) is 7.53. The maximum Gasteiger partial charge on any atom is 0.336 e. The van der Waals surface area contributed by atoms with Gasteiger partial charge in [-0.3, -0.25) is 0 Å². The molecule has 0 radical (unpaired) electrons. The molecular weight excluding hydrogens is 364 g/mol. The first-order chi connectivity index (χ1) is 14.0. The molecule has 3 aromatic rings. The highest BCUT2D eigenvalue weighted by Crippen LogP contribution is 2.25. The van der Waals surface area contributed by atoms with Crippen molar-refractivity contribution in [3.05, 3.63) is 54.1 Å². The van der Waals surface area contributed by atoms with Crippen LogP contribution in [-0.2, 0) is 0 Å². The summed E-state index contributed by atoms with van der Waals surface area (Å²) in [5, 5.41) is 17.7. The van der Waals surface area contributed by atoms with Crippen LogP contribution < -0.4 is 10.1 Å². The first kappa shape index (κ1) is 20.9. The van der Waals surface area contributed by atoms with E-state index in [0.29, 0.717) is 12.6 Å². The van der Waals surface area contributed by atoms with Crippen molar-refractivity contribution < 1.29 is 9.84 Å². The molecule has 0 bridgehead atoms. The van der Waals surface area contributed by atoms with Crippen LogP contribution in [-0.4, -0.2) is 38.6 Å². The van der Waals surface area contributed by atoms with Crippen LogP contribution in [0.5, 0.6) is 6.01 Å². The molecule has 0 aliphatic heterocycles. The monoisotopic (exact) mass is 394 g/mol. The van der Waals surface area contributed by atoms with Crippen LogP contribution in [0.25, 0.3) is 17.1 Å². The van der Waals surface area contributed by atoms with E-state index in [1.165, 1.54) is 5.56 Å². The zero-order valence-electron chi connectivity index (χ0n) is 17.6. The molecule has 3 rings (SSSR count). The second kappa shape index (κ2) is 9.56. The molecule has 1 unspecified atom stereocenters.